The molecule has 0 radical (unpaired) electrons. The molecule has 2 amide bonds. The predicted octanol–water partition coefficient (Wildman–Crippen LogP) is 4.10. The van der Waals surface area contributed by atoms with E-state index in [1.807, 2.05) is 12.1 Å². The summed E-state index contributed by atoms with van der Waals surface area (Å²) in [5.41, 5.74) is 2.15. The van der Waals surface area contributed by atoms with Crippen LogP contribution in [0.5, 0.6) is 0 Å². The molecule has 1 aliphatic heterocycles. The number of aliphatic hydroxyl groups is 1. The summed E-state index contributed by atoms with van der Waals surface area (Å²) in [6, 6.07) is 8.15. The third-order valence-corrected chi connectivity index (χ3v) is 6.49. The van der Waals surface area contributed by atoms with Crippen molar-refractivity contribution in [1.82, 2.24) is 4.90 Å². The van der Waals surface area contributed by atoms with Gasteiger partial charge in [-0.15, -0.1) is 0 Å². The Morgan fingerprint density at radius 1 is 1.25 bits per heavy atom. The van der Waals surface area contributed by atoms with Gasteiger partial charge in [0, 0.05) is 42.3 Å². The van der Waals surface area contributed by atoms with Crippen molar-refractivity contribution in [3.8, 4) is 0 Å². The molecular formula is C19H28N2O2S. The maximum Gasteiger partial charge on any atom is 0.321 e. The molecule has 1 unspecified atom stereocenters. The number of rotatable bonds is 5. The van der Waals surface area contributed by atoms with Crippen LogP contribution >= 0.6 is 11.8 Å². The van der Waals surface area contributed by atoms with Gasteiger partial charge in [-0.25, -0.2) is 4.79 Å². The van der Waals surface area contributed by atoms with Gasteiger partial charge in [0.05, 0.1) is 0 Å². The molecule has 132 valence electrons. The molecule has 1 heterocycles. The zero-order chi connectivity index (χ0) is 16.8. The Bertz CT molecular complexity index is 546. The maximum absolute atomic E-state index is 12.3. The third-order valence-electron chi connectivity index (χ3n) is 5.05. The number of carbonyl (C=O) groups excluding carboxylic acids is 1. The van der Waals surface area contributed by atoms with Crippen molar-refractivity contribution in [2.24, 2.45) is 5.92 Å². The first kappa shape index (κ1) is 17.6. The second-order valence-electron chi connectivity index (χ2n) is 6.98. The maximum atomic E-state index is 12.3. The first-order chi connectivity index (χ1) is 11.7. The number of urea groups is 1. The molecule has 1 atom stereocenters. The molecule has 4 nitrogen and oxygen atoms in total. The molecule has 2 aliphatic rings. The highest BCUT2D eigenvalue weighted by Gasteiger charge is 2.25. The minimum atomic E-state index is -0.0527. The van der Waals surface area contributed by atoms with E-state index in [-0.39, 0.29) is 18.6 Å². The molecule has 2 fully saturated rings. The summed E-state index contributed by atoms with van der Waals surface area (Å²) in [5, 5.41) is 13.0. The van der Waals surface area contributed by atoms with Crippen molar-refractivity contribution < 1.29 is 9.90 Å². The van der Waals surface area contributed by atoms with Crippen LogP contribution < -0.4 is 5.32 Å². The fourth-order valence-electron chi connectivity index (χ4n) is 3.55. The number of carbonyl (C=O) groups is 1. The minimum Gasteiger partial charge on any atom is -0.396 e. The van der Waals surface area contributed by atoms with Crippen molar-refractivity contribution in [2.45, 2.75) is 49.5 Å². The first-order valence-corrected chi connectivity index (χ1v) is 10.2. The van der Waals surface area contributed by atoms with Crippen molar-refractivity contribution in [3.63, 3.8) is 0 Å². The number of benzene rings is 1. The van der Waals surface area contributed by atoms with E-state index in [4.69, 9.17) is 0 Å². The summed E-state index contributed by atoms with van der Waals surface area (Å²) in [5.74, 6) is 1.25. The van der Waals surface area contributed by atoms with Crippen LogP contribution in [0, 0.1) is 5.92 Å². The molecule has 1 aromatic rings. The number of aliphatic hydroxyl groups excluding tert-OH is 1. The zero-order valence-electron chi connectivity index (χ0n) is 14.2. The number of likely N-dealkylation sites (tertiary alicyclic amines) is 1. The van der Waals surface area contributed by atoms with Gasteiger partial charge in [0.25, 0.3) is 0 Å². The monoisotopic (exact) mass is 348 g/mol. The molecule has 2 N–H and O–H groups in total. The molecule has 0 spiro atoms. The van der Waals surface area contributed by atoms with Gasteiger partial charge >= 0.3 is 6.03 Å². The van der Waals surface area contributed by atoms with Crippen LogP contribution in [0.3, 0.4) is 0 Å². The van der Waals surface area contributed by atoms with Crippen LogP contribution in [0.1, 0.15) is 44.1 Å². The van der Waals surface area contributed by atoms with Gasteiger partial charge in [-0.1, -0.05) is 31.4 Å². The quantitative estimate of drug-likeness (QED) is 0.842. The lowest BCUT2D eigenvalue weighted by molar-refractivity contribution is 0.209. The molecule has 1 saturated heterocycles. The standard InChI is InChI=1S/C19H28N2O2S/c22-13-16-9-10-21(12-16)19(23)20-17-6-4-5-15(11-17)14-24-18-7-2-1-3-8-18/h4-6,11,16,18,22H,1-3,7-10,12-14H2,(H,20,23). The van der Waals surface area contributed by atoms with Gasteiger partial charge in [-0.2, -0.15) is 11.8 Å². The molecular weight excluding hydrogens is 320 g/mol. The highest BCUT2D eigenvalue weighted by Crippen LogP contribution is 2.31. The Balaban J connectivity index is 1.50. The first-order valence-electron chi connectivity index (χ1n) is 9.12. The Kier molecular flexibility index (Phi) is 6.44. The largest absolute Gasteiger partial charge is 0.396 e. The summed E-state index contributed by atoms with van der Waals surface area (Å²) < 4.78 is 0. The highest BCUT2D eigenvalue weighted by atomic mass is 32.2. The molecule has 0 bridgehead atoms. The molecule has 5 heteroatoms. The number of thioether (sulfide) groups is 1. The fourth-order valence-corrected chi connectivity index (χ4v) is 4.83. The van der Waals surface area contributed by atoms with E-state index in [1.165, 1.54) is 37.7 Å². The Morgan fingerprint density at radius 2 is 2.08 bits per heavy atom. The Morgan fingerprint density at radius 3 is 2.83 bits per heavy atom. The van der Waals surface area contributed by atoms with Gasteiger partial charge in [0.15, 0.2) is 0 Å². The van der Waals surface area contributed by atoms with Crippen LogP contribution in [0.25, 0.3) is 0 Å². The number of anilines is 1. The number of hydrogen-bond acceptors (Lipinski definition) is 3. The summed E-state index contributed by atoms with van der Waals surface area (Å²) in [7, 11) is 0. The molecule has 1 saturated carbocycles. The smallest absolute Gasteiger partial charge is 0.321 e. The summed E-state index contributed by atoms with van der Waals surface area (Å²) in [4.78, 5) is 14.1. The van der Waals surface area contributed by atoms with E-state index < -0.39 is 0 Å². The van der Waals surface area contributed by atoms with Crippen LogP contribution in [-0.4, -0.2) is 41.0 Å². The highest BCUT2D eigenvalue weighted by molar-refractivity contribution is 7.99. The van der Waals surface area contributed by atoms with E-state index in [0.717, 1.165) is 29.7 Å². The number of amides is 2. The topological polar surface area (TPSA) is 52.6 Å². The van der Waals surface area contributed by atoms with Crippen LogP contribution in [0.4, 0.5) is 10.5 Å². The zero-order valence-corrected chi connectivity index (χ0v) is 15.1. The van der Waals surface area contributed by atoms with Crippen LogP contribution in [0.15, 0.2) is 24.3 Å². The third kappa shape index (κ3) is 4.90. The van der Waals surface area contributed by atoms with E-state index in [0.29, 0.717) is 6.54 Å². The average Bonchev–Trinajstić information content (AvgIpc) is 3.11. The van der Waals surface area contributed by atoms with Crippen molar-refractivity contribution in [1.29, 1.82) is 0 Å². The second kappa shape index (κ2) is 8.77. The SMILES string of the molecule is O=C(Nc1cccc(CSC2CCCCC2)c1)N1CCC(CO)C1. The number of nitrogens with one attached hydrogen (secondary N) is 1. The van der Waals surface area contributed by atoms with Gasteiger partial charge in [-0.3, -0.25) is 0 Å². The van der Waals surface area contributed by atoms with E-state index in [9.17, 15) is 9.90 Å². The lowest BCUT2D eigenvalue weighted by atomic mass is 10.0. The lowest BCUT2D eigenvalue weighted by Gasteiger charge is -2.21. The van der Waals surface area contributed by atoms with Crippen molar-refractivity contribution in [2.75, 3.05) is 25.0 Å². The summed E-state index contributed by atoms with van der Waals surface area (Å²) in [6.07, 6.45) is 7.73. The molecule has 0 aromatic heterocycles. The Labute approximate surface area is 149 Å². The average molecular weight is 349 g/mol. The van der Waals surface area contributed by atoms with Gasteiger partial charge in [-0.05, 0) is 37.0 Å². The molecule has 3 rings (SSSR count). The normalized spacial score (nSPS) is 21.9. The van der Waals surface area contributed by atoms with Crippen molar-refractivity contribution in [3.05, 3.63) is 29.8 Å². The van der Waals surface area contributed by atoms with Gasteiger partial charge in [0.1, 0.15) is 0 Å². The van der Waals surface area contributed by atoms with Crippen LogP contribution in [0.2, 0.25) is 0 Å². The molecule has 24 heavy (non-hydrogen) atoms. The van der Waals surface area contributed by atoms with Crippen LogP contribution in [-0.2, 0) is 5.75 Å². The molecule has 1 aromatic carbocycles. The van der Waals surface area contributed by atoms with E-state index in [1.54, 1.807) is 4.90 Å². The molecule has 1 aliphatic carbocycles. The van der Waals surface area contributed by atoms with E-state index in [2.05, 4.69) is 29.2 Å². The lowest BCUT2D eigenvalue weighted by Crippen LogP contribution is -2.33. The van der Waals surface area contributed by atoms with Crippen molar-refractivity contribution >= 4 is 23.5 Å². The van der Waals surface area contributed by atoms with Gasteiger partial charge in [0.2, 0.25) is 0 Å². The second-order valence-corrected chi connectivity index (χ2v) is 8.27. The minimum absolute atomic E-state index is 0.0527. The number of nitrogens with zero attached hydrogens (tertiary/aromatic N) is 1. The van der Waals surface area contributed by atoms with Gasteiger partial charge < -0.3 is 15.3 Å². The number of hydrogen-bond donors (Lipinski definition) is 2. The summed E-state index contributed by atoms with van der Waals surface area (Å²) in [6.45, 7) is 1.55. The van der Waals surface area contributed by atoms with E-state index >= 15 is 0 Å². The summed E-state index contributed by atoms with van der Waals surface area (Å²) >= 11 is 2.06. The predicted molar refractivity (Wildman–Crippen MR) is 100 cm³/mol. The Hall–Kier alpha value is -1.20. The fraction of sp³-hybridized carbons (Fsp3) is 0.632.